The van der Waals surface area contributed by atoms with Crippen LogP contribution in [0.2, 0.25) is 0 Å². The summed E-state index contributed by atoms with van der Waals surface area (Å²) in [6, 6.07) is 9.20. The molecular formula is C22H24N2O6. The van der Waals surface area contributed by atoms with Gasteiger partial charge in [-0.05, 0) is 73.2 Å². The molecule has 0 fully saturated rings. The zero-order chi connectivity index (χ0) is 22.3. The first-order chi connectivity index (χ1) is 14.3. The van der Waals surface area contributed by atoms with Crippen molar-refractivity contribution in [1.82, 2.24) is 0 Å². The van der Waals surface area contributed by atoms with Crippen LogP contribution in [-0.2, 0) is 22.3 Å². The summed E-state index contributed by atoms with van der Waals surface area (Å²) in [4.78, 5) is 46.9. The number of methoxy groups -OCH3 is 2. The molecule has 0 aliphatic heterocycles. The second-order valence-corrected chi connectivity index (χ2v) is 6.66. The van der Waals surface area contributed by atoms with E-state index in [0.717, 1.165) is 0 Å². The van der Waals surface area contributed by atoms with Crippen molar-refractivity contribution in [2.24, 2.45) is 11.5 Å². The van der Waals surface area contributed by atoms with Crippen LogP contribution in [0.5, 0.6) is 0 Å². The van der Waals surface area contributed by atoms with E-state index in [1.54, 1.807) is 12.1 Å². The number of carbonyl (C=O) groups excluding carboxylic acids is 4. The fourth-order valence-electron chi connectivity index (χ4n) is 3.20. The number of esters is 2. The summed E-state index contributed by atoms with van der Waals surface area (Å²) in [5, 5.41) is 0. The topological polar surface area (TPSA) is 139 Å². The van der Waals surface area contributed by atoms with Crippen molar-refractivity contribution in [2.45, 2.75) is 25.7 Å². The van der Waals surface area contributed by atoms with E-state index in [4.69, 9.17) is 20.9 Å². The fraction of sp³-hybridized carbons (Fsp3) is 0.273. The molecule has 0 saturated carbocycles. The Morgan fingerprint density at radius 2 is 1.07 bits per heavy atom. The summed E-state index contributed by atoms with van der Waals surface area (Å²) in [5.74, 6) is -2.16. The highest BCUT2D eigenvalue weighted by molar-refractivity contribution is 5.97. The van der Waals surface area contributed by atoms with Gasteiger partial charge in [0.25, 0.3) is 0 Å². The van der Waals surface area contributed by atoms with Crippen LogP contribution in [0.25, 0.3) is 0 Å². The zero-order valence-corrected chi connectivity index (χ0v) is 16.9. The maximum atomic E-state index is 11.8. The number of aryl methyl sites for hydroxylation is 2. The highest BCUT2D eigenvalue weighted by atomic mass is 16.5. The standard InChI is InChI=1S/C22H24N2O6/c1-29-21(27)15-7-9-17(19(23)25)13(11-15)5-3-4-6-14-12-16(22(28)30-2)8-10-18(14)20(24)26/h7-12H,3-6H2,1-2H3,(H2,23,25)(H2,24,26). The van der Waals surface area contributed by atoms with Crippen molar-refractivity contribution < 1.29 is 28.7 Å². The molecule has 4 N–H and O–H groups in total. The van der Waals surface area contributed by atoms with E-state index >= 15 is 0 Å². The van der Waals surface area contributed by atoms with Crippen molar-refractivity contribution in [3.05, 3.63) is 69.8 Å². The first kappa shape index (κ1) is 22.6. The number of unbranched alkanes of at least 4 members (excludes halogenated alkanes) is 1. The third-order valence-electron chi connectivity index (χ3n) is 4.73. The average molecular weight is 412 g/mol. The SMILES string of the molecule is COC(=O)c1ccc(C(N)=O)c(CCCCc2cc(C(=O)OC)ccc2C(N)=O)c1. The molecule has 0 spiro atoms. The highest BCUT2D eigenvalue weighted by Gasteiger charge is 2.15. The lowest BCUT2D eigenvalue weighted by molar-refractivity contribution is 0.0591. The number of hydrogen-bond acceptors (Lipinski definition) is 6. The number of amides is 2. The predicted octanol–water partition coefficient (Wildman–Crippen LogP) is 2.02. The minimum atomic E-state index is -0.580. The largest absolute Gasteiger partial charge is 0.465 e. The van der Waals surface area contributed by atoms with Crippen molar-refractivity contribution in [2.75, 3.05) is 14.2 Å². The second-order valence-electron chi connectivity index (χ2n) is 6.66. The molecule has 0 aromatic heterocycles. The molecule has 0 aliphatic carbocycles. The first-order valence-corrected chi connectivity index (χ1v) is 9.30. The Hall–Kier alpha value is -3.68. The molecule has 2 aromatic rings. The average Bonchev–Trinajstić information content (AvgIpc) is 2.74. The van der Waals surface area contributed by atoms with Gasteiger partial charge in [-0.2, -0.15) is 0 Å². The highest BCUT2D eigenvalue weighted by Crippen LogP contribution is 2.19. The molecule has 8 heteroatoms. The Morgan fingerprint density at radius 3 is 1.37 bits per heavy atom. The van der Waals surface area contributed by atoms with Crippen LogP contribution in [0, 0.1) is 0 Å². The maximum absolute atomic E-state index is 11.8. The van der Waals surface area contributed by atoms with Crippen LogP contribution in [0.1, 0.15) is 65.4 Å². The molecule has 0 bridgehead atoms. The van der Waals surface area contributed by atoms with Crippen molar-refractivity contribution in [3.63, 3.8) is 0 Å². The van der Waals surface area contributed by atoms with Gasteiger partial charge in [0.1, 0.15) is 0 Å². The molecule has 0 saturated heterocycles. The van der Waals surface area contributed by atoms with E-state index in [1.165, 1.54) is 38.5 Å². The maximum Gasteiger partial charge on any atom is 0.337 e. The number of ether oxygens (including phenoxy) is 2. The minimum Gasteiger partial charge on any atom is -0.465 e. The molecule has 8 nitrogen and oxygen atoms in total. The van der Waals surface area contributed by atoms with Gasteiger partial charge in [0.05, 0.1) is 25.3 Å². The first-order valence-electron chi connectivity index (χ1n) is 9.30. The van der Waals surface area contributed by atoms with E-state index in [9.17, 15) is 19.2 Å². The third kappa shape index (κ3) is 5.44. The molecule has 2 aromatic carbocycles. The van der Waals surface area contributed by atoms with Crippen molar-refractivity contribution in [3.8, 4) is 0 Å². The van der Waals surface area contributed by atoms with E-state index < -0.39 is 23.8 Å². The van der Waals surface area contributed by atoms with E-state index in [1.807, 2.05) is 0 Å². The van der Waals surface area contributed by atoms with Crippen molar-refractivity contribution in [1.29, 1.82) is 0 Å². The molecule has 2 amide bonds. The summed E-state index contributed by atoms with van der Waals surface area (Å²) >= 11 is 0. The van der Waals surface area contributed by atoms with Crippen LogP contribution in [0.3, 0.4) is 0 Å². The number of benzene rings is 2. The zero-order valence-electron chi connectivity index (χ0n) is 16.9. The molecule has 0 atom stereocenters. The monoisotopic (exact) mass is 412 g/mol. The summed E-state index contributed by atoms with van der Waals surface area (Å²) < 4.78 is 9.43. The second kappa shape index (κ2) is 10.2. The van der Waals surface area contributed by atoms with Gasteiger partial charge in [0, 0.05) is 11.1 Å². The molecule has 158 valence electrons. The van der Waals surface area contributed by atoms with Crippen LogP contribution in [0.4, 0.5) is 0 Å². The molecule has 0 heterocycles. The van der Waals surface area contributed by atoms with Crippen LogP contribution < -0.4 is 11.5 Å². The molecule has 0 unspecified atom stereocenters. The van der Waals surface area contributed by atoms with Crippen molar-refractivity contribution >= 4 is 23.8 Å². The summed E-state index contributed by atoms with van der Waals surface area (Å²) in [5.41, 5.74) is 13.5. The Morgan fingerprint density at radius 1 is 0.700 bits per heavy atom. The van der Waals surface area contributed by atoms with Gasteiger partial charge in [0.15, 0.2) is 0 Å². The lowest BCUT2D eigenvalue weighted by Crippen LogP contribution is -2.15. The smallest absolute Gasteiger partial charge is 0.337 e. The van der Waals surface area contributed by atoms with Crippen LogP contribution in [-0.4, -0.2) is 38.0 Å². The van der Waals surface area contributed by atoms with Gasteiger partial charge < -0.3 is 20.9 Å². The number of rotatable bonds is 9. The lowest BCUT2D eigenvalue weighted by atomic mass is 9.95. The number of primary amides is 2. The van der Waals surface area contributed by atoms with Gasteiger partial charge in [-0.1, -0.05) is 0 Å². The fourth-order valence-corrected chi connectivity index (χ4v) is 3.20. The van der Waals surface area contributed by atoms with E-state index in [2.05, 4.69) is 0 Å². The Balaban J connectivity index is 2.14. The van der Waals surface area contributed by atoms with E-state index in [-0.39, 0.29) is 0 Å². The Kier molecular flexibility index (Phi) is 7.69. The molecule has 0 aliphatic rings. The van der Waals surface area contributed by atoms with Gasteiger partial charge in [-0.15, -0.1) is 0 Å². The minimum absolute atomic E-state index is 0.333. The van der Waals surface area contributed by atoms with Gasteiger partial charge in [-0.3, -0.25) is 9.59 Å². The summed E-state index contributed by atoms with van der Waals surface area (Å²) in [6.07, 6.45) is 2.27. The number of hydrogen-bond donors (Lipinski definition) is 2. The molecular weight excluding hydrogens is 388 g/mol. The third-order valence-corrected chi connectivity index (χ3v) is 4.73. The lowest BCUT2D eigenvalue weighted by Gasteiger charge is -2.11. The van der Waals surface area contributed by atoms with Crippen LogP contribution in [0.15, 0.2) is 36.4 Å². The Bertz CT molecular complexity index is 904. The molecule has 30 heavy (non-hydrogen) atoms. The summed E-state index contributed by atoms with van der Waals surface area (Å²) in [7, 11) is 2.56. The van der Waals surface area contributed by atoms with Gasteiger partial charge in [0.2, 0.25) is 11.8 Å². The van der Waals surface area contributed by atoms with Gasteiger partial charge in [-0.25, -0.2) is 9.59 Å². The summed E-state index contributed by atoms with van der Waals surface area (Å²) in [6.45, 7) is 0. The molecule has 2 rings (SSSR count). The molecule has 0 radical (unpaired) electrons. The quantitative estimate of drug-likeness (QED) is 0.477. The van der Waals surface area contributed by atoms with E-state index in [0.29, 0.717) is 59.1 Å². The number of carbonyl (C=O) groups is 4. The Labute approximate surface area is 174 Å². The predicted molar refractivity (Wildman–Crippen MR) is 109 cm³/mol. The normalized spacial score (nSPS) is 10.3. The number of nitrogens with two attached hydrogens (primary N) is 2. The van der Waals surface area contributed by atoms with Crippen LogP contribution >= 0.6 is 0 Å². The van der Waals surface area contributed by atoms with Gasteiger partial charge >= 0.3 is 11.9 Å².